The molecule has 0 aromatic heterocycles. The number of benzene rings is 2. The van der Waals surface area contributed by atoms with Crippen molar-refractivity contribution in [3.8, 4) is 0 Å². The van der Waals surface area contributed by atoms with E-state index in [4.69, 9.17) is 0 Å². The first-order chi connectivity index (χ1) is 12.9. The Hall–Kier alpha value is -2.66. The molecule has 0 radical (unpaired) electrons. The van der Waals surface area contributed by atoms with Gasteiger partial charge in [-0.25, -0.2) is 0 Å². The minimum Gasteiger partial charge on any atom is -0.282 e. The molecule has 140 valence electrons. The molecule has 0 amide bonds. The number of hydrogen-bond donors (Lipinski definition) is 0. The monoisotopic (exact) mass is 381 g/mol. The number of aryl methyl sites for hydroxylation is 2. The number of carbonyl (C=O) groups is 1. The molecule has 0 N–H and O–H groups in total. The summed E-state index contributed by atoms with van der Waals surface area (Å²) >= 11 is 1.14. The summed E-state index contributed by atoms with van der Waals surface area (Å²) in [5.74, 6) is -0.596. The minimum absolute atomic E-state index is 0.166. The predicted octanol–water partition coefficient (Wildman–Crippen LogP) is 5.49. The number of thioether (sulfide) groups is 1. The average Bonchev–Trinajstić information content (AvgIpc) is 2.64. The van der Waals surface area contributed by atoms with Crippen molar-refractivity contribution in [2.45, 2.75) is 31.6 Å². The first kappa shape index (κ1) is 20.6. The summed E-state index contributed by atoms with van der Waals surface area (Å²) in [4.78, 5) is 25.0. The van der Waals surface area contributed by atoms with E-state index in [1.807, 2.05) is 75.4 Å². The van der Waals surface area contributed by atoms with Crippen LogP contribution in [0.15, 0.2) is 77.2 Å². The normalized spacial score (nSPS) is 12.9. The summed E-state index contributed by atoms with van der Waals surface area (Å²) in [6.07, 6.45) is 5.27. The molecule has 0 saturated heterocycles. The van der Waals surface area contributed by atoms with Crippen molar-refractivity contribution in [1.29, 1.82) is 0 Å². The summed E-state index contributed by atoms with van der Waals surface area (Å²) in [6.45, 7) is 5.45. The van der Waals surface area contributed by atoms with Crippen LogP contribution in [-0.2, 0) is 4.79 Å². The molecule has 0 bridgehead atoms. The van der Waals surface area contributed by atoms with Crippen LogP contribution in [-0.4, -0.2) is 16.6 Å². The van der Waals surface area contributed by atoms with Crippen molar-refractivity contribution >= 4 is 16.9 Å². The molecule has 0 aliphatic rings. The smallest absolute Gasteiger partial charge is 0.220 e. The first-order valence-corrected chi connectivity index (χ1v) is 9.53. The lowest BCUT2D eigenvalue weighted by Gasteiger charge is -2.17. The van der Waals surface area contributed by atoms with Gasteiger partial charge in [0.1, 0.15) is 0 Å². The van der Waals surface area contributed by atoms with E-state index in [2.05, 4.69) is 0 Å². The van der Waals surface area contributed by atoms with Crippen molar-refractivity contribution in [2.24, 2.45) is 0 Å². The van der Waals surface area contributed by atoms with E-state index in [0.29, 0.717) is 5.57 Å². The lowest BCUT2D eigenvalue weighted by Crippen LogP contribution is -2.18. The maximum atomic E-state index is 13.2. The molecular weight excluding hydrogens is 358 g/mol. The first-order valence-electron chi connectivity index (χ1n) is 8.72. The van der Waals surface area contributed by atoms with E-state index < -0.39 is 5.92 Å². The molecule has 2 rings (SSSR count). The van der Waals surface area contributed by atoms with Crippen LogP contribution in [0.1, 0.15) is 29.5 Å². The molecule has 0 aliphatic heterocycles. The van der Waals surface area contributed by atoms with Gasteiger partial charge in [-0.05, 0) is 49.2 Å². The summed E-state index contributed by atoms with van der Waals surface area (Å²) in [6, 6.07) is 15.1. The molecule has 0 fully saturated rings. The Balaban J connectivity index is 2.45. The van der Waals surface area contributed by atoms with Gasteiger partial charge in [-0.1, -0.05) is 66.8 Å². The van der Waals surface area contributed by atoms with E-state index in [9.17, 15) is 14.9 Å². The zero-order chi connectivity index (χ0) is 19.8. The number of hydrogen-bond acceptors (Lipinski definition) is 4. The van der Waals surface area contributed by atoms with Gasteiger partial charge in [-0.3, -0.25) is 14.9 Å². The topological polar surface area (TPSA) is 60.2 Å². The Labute approximate surface area is 164 Å². The lowest BCUT2D eigenvalue weighted by atomic mass is 9.91. The summed E-state index contributed by atoms with van der Waals surface area (Å²) in [7, 11) is 0. The fourth-order valence-electron chi connectivity index (χ4n) is 2.86. The van der Waals surface area contributed by atoms with E-state index in [1.54, 1.807) is 12.2 Å². The lowest BCUT2D eigenvalue weighted by molar-refractivity contribution is -0.481. The second-order valence-corrected chi connectivity index (χ2v) is 7.22. The number of nitrogens with zero attached hydrogens (tertiary/aromatic N) is 1. The van der Waals surface area contributed by atoms with Gasteiger partial charge in [0.2, 0.25) is 11.7 Å². The molecular formula is C22H23NO3S. The number of allylic oxidation sites excluding steroid dienone is 3. The molecule has 2 aromatic rings. The van der Waals surface area contributed by atoms with Gasteiger partial charge in [0.05, 0.1) is 5.92 Å². The highest BCUT2D eigenvalue weighted by atomic mass is 32.2. The average molecular weight is 381 g/mol. The fraction of sp³-hybridized carbons (Fsp3) is 0.227. The van der Waals surface area contributed by atoms with Crippen molar-refractivity contribution in [3.05, 3.63) is 99.1 Å². The van der Waals surface area contributed by atoms with Crippen molar-refractivity contribution in [3.63, 3.8) is 0 Å². The zero-order valence-electron chi connectivity index (χ0n) is 15.7. The molecule has 4 nitrogen and oxygen atoms in total. The van der Waals surface area contributed by atoms with Crippen molar-refractivity contribution in [1.82, 2.24) is 0 Å². The van der Waals surface area contributed by atoms with E-state index >= 15 is 0 Å². The van der Waals surface area contributed by atoms with Crippen LogP contribution >= 0.6 is 11.8 Å². The predicted molar refractivity (Wildman–Crippen MR) is 111 cm³/mol. The quantitative estimate of drug-likeness (QED) is 0.209. The van der Waals surface area contributed by atoms with Gasteiger partial charge in [0.25, 0.3) is 0 Å². The highest BCUT2D eigenvalue weighted by molar-refractivity contribution is 8.14. The van der Waals surface area contributed by atoms with Gasteiger partial charge >= 0.3 is 0 Å². The molecule has 0 aliphatic carbocycles. The molecule has 0 unspecified atom stereocenters. The van der Waals surface area contributed by atoms with Crippen LogP contribution in [0, 0.1) is 24.0 Å². The molecule has 2 aromatic carbocycles. The molecule has 0 saturated carbocycles. The second kappa shape index (κ2) is 9.88. The SMILES string of the molecule is C/C=C/C=C(/C(=O)Sc1c(C)cccc1C)[C@H](C[N+](=O)[O-])c1ccccc1. The molecule has 1 atom stereocenters. The Kier molecular flexibility index (Phi) is 7.55. The van der Waals surface area contributed by atoms with Crippen LogP contribution in [0.3, 0.4) is 0 Å². The van der Waals surface area contributed by atoms with Gasteiger partial charge in [0, 0.05) is 15.4 Å². The summed E-state index contributed by atoms with van der Waals surface area (Å²) in [5.41, 5.74) is 3.23. The Morgan fingerprint density at radius 2 is 1.74 bits per heavy atom. The van der Waals surface area contributed by atoms with Crippen molar-refractivity contribution in [2.75, 3.05) is 6.54 Å². The van der Waals surface area contributed by atoms with Crippen LogP contribution in [0.25, 0.3) is 0 Å². The second-order valence-electron chi connectivity index (χ2n) is 6.24. The Morgan fingerprint density at radius 1 is 1.11 bits per heavy atom. The minimum atomic E-state index is -0.596. The molecule has 5 heteroatoms. The van der Waals surface area contributed by atoms with Crippen LogP contribution in [0.2, 0.25) is 0 Å². The number of carbonyl (C=O) groups excluding carboxylic acids is 1. The fourth-order valence-corrected chi connectivity index (χ4v) is 3.83. The summed E-state index contributed by atoms with van der Waals surface area (Å²) in [5, 5.41) is 11.1. The van der Waals surface area contributed by atoms with Gasteiger partial charge in [-0.2, -0.15) is 0 Å². The van der Waals surface area contributed by atoms with Gasteiger partial charge in [-0.15, -0.1) is 0 Å². The third kappa shape index (κ3) is 5.66. The Bertz CT molecular complexity index is 852. The third-order valence-electron chi connectivity index (χ3n) is 4.22. The maximum absolute atomic E-state index is 13.2. The summed E-state index contributed by atoms with van der Waals surface area (Å²) < 4.78 is 0. The highest BCUT2D eigenvalue weighted by Crippen LogP contribution is 2.34. The van der Waals surface area contributed by atoms with Crippen LogP contribution < -0.4 is 0 Å². The third-order valence-corrected chi connectivity index (χ3v) is 5.49. The highest BCUT2D eigenvalue weighted by Gasteiger charge is 2.28. The van der Waals surface area contributed by atoms with Crippen LogP contribution in [0.5, 0.6) is 0 Å². The standard InChI is InChI=1S/C22H23NO3S/c1-4-5-14-19(20(15-23(25)26)18-12-7-6-8-13-18)22(24)27-21-16(2)10-9-11-17(21)3/h4-14,20H,15H2,1-3H3/b5-4+,19-14+/t20-/m1/s1. The Morgan fingerprint density at radius 3 is 2.30 bits per heavy atom. The number of nitro groups is 1. The van der Waals surface area contributed by atoms with Crippen LogP contribution in [0.4, 0.5) is 0 Å². The van der Waals surface area contributed by atoms with Crippen molar-refractivity contribution < 1.29 is 9.72 Å². The zero-order valence-corrected chi connectivity index (χ0v) is 16.5. The molecule has 0 spiro atoms. The van der Waals surface area contributed by atoms with E-state index in [0.717, 1.165) is 33.3 Å². The maximum Gasteiger partial charge on any atom is 0.220 e. The van der Waals surface area contributed by atoms with Gasteiger partial charge in [0.15, 0.2) is 0 Å². The molecule has 0 heterocycles. The largest absolute Gasteiger partial charge is 0.282 e. The number of rotatable bonds is 7. The van der Waals surface area contributed by atoms with E-state index in [1.165, 1.54) is 0 Å². The van der Waals surface area contributed by atoms with Gasteiger partial charge < -0.3 is 0 Å². The van der Waals surface area contributed by atoms with E-state index in [-0.39, 0.29) is 16.6 Å². The molecule has 27 heavy (non-hydrogen) atoms.